The van der Waals surface area contributed by atoms with E-state index in [2.05, 4.69) is 6.92 Å². The molecule has 0 atom stereocenters. The van der Waals surface area contributed by atoms with Gasteiger partial charge >= 0.3 is 5.97 Å². The van der Waals surface area contributed by atoms with E-state index in [1.54, 1.807) is 12.1 Å². The average molecular weight is 256 g/mol. The first-order chi connectivity index (χ1) is 9.28. The maximum Gasteiger partial charge on any atom is 0.349 e. The SMILES string of the molecule is CCc1cccc(OCC(=O)Oc2ccccc2)c1. The van der Waals surface area contributed by atoms with Crippen LogP contribution in [0.1, 0.15) is 12.5 Å². The Morgan fingerprint density at radius 1 is 1.00 bits per heavy atom. The number of carbonyl (C=O) groups is 1. The number of para-hydroxylation sites is 1. The lowest BCUT2D eigenvalue weighted by Gasteiger charge is -2.07. The normalized spacial score (nSPS) is 9.95. The van der Waals surface area contributed by atoms with Gasteiger partial charge in [-0.15, -0.1) is 0 Å². The summed E-state index contributed by atoms with van der Waals surface area (Å²) in [6.45, 7) is 1.98. The number of carbonyl (C=O) groups excluding carboxylic acids is 1. The number of hydrogen-bond donors (Lipinski definition) is 0. The van der Waals surface area contributed by atoms with Crippen LogP contribution in [0.25, 0.3) is 0 Å². The van der Waals surface area contributed by atoms with Gasteiger partial charge in [-0.1, -0.05) is 37.3 Å². The summed E-state index contributed by atoms with van der Waals surface area (Å²) >= 11 is 0. The van der Waals surface area contributed by atoms with Crippen LogP contribution >= 0.6 is 0 Å². The number of hydrogen-bond acceptors (Lipinski definition) is 3. The largest absolute Gasteiger partial charge is 0.482 e. The van der Waals surface area contributed by atoms with Gasteiger partial charge in [-0.2, -0.15) is 0 Å². The minimum atomic E-state index is -0.409. The molecule has 3 nitrogen and oxygen atoms in total. The fraction of sp³-hybridized carbons (Fsp3) is 0.188. The molecule has 0 spiro atoms. The lowest BCUT2D eigenvalue weighted by atomic mass is 10.2. The second-order valence-corrected chi connectivity index (χ2v) is 4.08. The molecule has 2 aromatic rings. The molecule has 19 heavy (non-hydrogen) atoms. The van der Waals surface area contributed by atoms with Crippen LogP contribution in [0.15, 0.2) is 54.6 Å². The molecule has 2 aromatic carbocycles. The van der Waals surface area contributed by atoms with Crippen molar-refractivity contribution in [2.45, 2.75) is 13.3 Å². The minimum Gasteiger partial charge on any atom is -0.482 e. The first kappa shape index (κ1) is 13.1. The van der Waals surface area contributed by atoms with Crippen molar-refractivity contribution in [2.24, 2.45) is 0 Å². The Kier molecular flexibility index (Phi) is 4.56. The van der Waals surface area contributed by atoms with Gasteiger partial charge in [0.1, 0.15) is 11.5 Å². The first-order valence-electron chi connectivity index (χ1n) is 6.25. The number of benzene rings is 2. The fourth-order valence-corrected chi connectivity index (χ4v) is 1.65. The number of esters is 1. The summed E-state index contributed by atoms with van der Waals surface area (Å²) in [6, 6.07) is 16.6. The van der Waals surface area contributed by atoms with Crippen molar-refractivity contribution in [3.05, 3.63) is 60.2 Å². The van der Waals surface area contributed by atoms with E-state index in [4.69, 9.17) is 9.47 Å². The zero-order chi connectivity index (χ0) is 13.5. The van der Waals surface area contributed by atoms with Crippen LogP contribution in [0, 0.1) is 0 Å². The van der Waals surface area contributed by atoms with E-state index in [1.807, 2.05) is 42.5 Å². The van der Waals surface area contributed by atoms with Crippen LogP contribution < -0.4 is 9.47 Å². The highest BCUT2D eigenvalue weighted by molar-refractivity contribution is 5.73. The third-order valence-corrected chi connectivity index (χ3v) is 2.64. The second-order valence-electron chi connectivity index (χ2n) is 4.08. The van der Waals surface area contributed by atoms with Crippen LogP contribution in [0.5, 0.6) is 11.5 Å². The maximum atomic E-state index is 11.6. The first-order valence-corrected chi connectivity index (χ1v) is 6.25. The molecule has 0 aliphatic carbocycles. The van der Waals surface area contributed by atoms with E-state index in [0.29, 0.717) is 11.5 Å². The summed E-state index contributed by atoms with van der Waals surface area (Å²) in [5.41, 5.74) is 1.17. The van der Waals surface area contributed by atoms with Crippen molar-refractivity contribution >= 4 is 5.97 Å². The molecular formula is C16H16O3. The molecule has 0 bridgehead atoms. The van der Waals surface area contributed by atoms with Crippen molar-refractivity contribution in [3.8, 4) is 11.5 Å². The molecule has 3 heteroatoms. The van der Waals surface area contributed by atoms with Crippen LogP contribution in [0.2, 0.25) is 0 Å². The fourth-order valence-electron chi connectivity index (χ4n) is 1.65. The molecule has 0 radical (unpaired) electrons. The number of ether oxygens (including phenoxy) is 2. The zero-order valence-electron chi connectivity index (χ0n) is 10.8. The maximum absolute atomic E-state index is 11.6. The summed E-state index contributed by atoms with van der Waals surface area (Å²) in [5, 5.41) is 0. The van der Waals surface area contributed by atoms with Crippen molar-refractivity contribution in [1.82, 2.24) is 0 Å². The minimum absolute atomic E-state index is 0.0952. The molecule has 2 rings (SSSR count). The van der Waals surface area contributed by atoms with Crippen molar-refractivity contribution < 1.29 is 14.3 Å². The third-order valence-electron chi connectivity index (χ3n) is 2.64. The molecule has 0 heterocycles. The number of aryl methyl sites for hydroxylation is 1. The molecule has 0 fully saturated rings. The Labute approximate surface area is 112 Å². The summed E-state index contributed by atoms with van der Waals surface area (Å²) in [5.74, 6) is 0.802. The Morgan fingerprint density at radius 3 is 2.47 bits per heavy atom. The highest BCUT2D eigenvalue weighted by Gasteiger charge is 2.05. The molecule has 0 saturated heterocycles. The molecule has 0 amide bonds. The predicted octanol–water partition coefficient (Wildman–Crippen LogP) is 3.23. The highest BCUT2D eigenvalue weighted by Crippen LogP contribution is 2.14. The summed E-state index contributed by atoms with van der Waals surface area (Å²) < 4.78 is 10.5. The van der Waals surface area contributed by atoms with Gasteiger partial charge in [0.25, 0.3) is 0 Å². The Morgan fingerprint density at radius 2 is 1.74 bits per heavy atom. The zero-order valence-corrected chi connectivity index (χ0v) is 10.8. The topological polar surface area (TPSA) is 35.5 Å². The molecule has 0 N–H and O–H groups in total. The Balaban J connectivity index is 1.86. The number of rotatable bonds is 5. The van der Waals surface area contributed by atoms with E-state index in [1.165, 1.54) is 5.56 Å². The van der Waals surface area contributed by atoms with E-state index in [9.17, 15) is 4.79 Å². The van der Waals surface area contributed by atoms with Gasteiger partial charge in [0.2, 0.25) is 0 Å². The molecule has 0 aliphatic rings. The van der Waals surface area contributed by atoms with Crippen LogP contribution in [-0.2, 0) is 11.2 Å². The van der Waals surface area contributed by atoms with Gasteiger partial charge < -0.3 is 9.47 Å². The van der Waals surface area contributed by atoms with Gasteiger partial charge in [-0.25, -0.2) is 4.79 Å². The lowest BCUT2D eigenvalue weighted by molar-refractivity contribution is -0.136. The monoisotopic (exact) mass is 256 g/mol. The van der Waals surface area contributed by atoms with Gasteiger partial charge in [-0.3, -0.25) is 0 Å². The van der Waals surface area contributed by atoms with Crippen molar-refractivity contribution in [1.29, 1.82) is 0 Å². The molecule has 0 unspecified atom stereocenters. The molecular weight excluding hydrogens is 240 g/mol. The quantitative estimate of drug-likeness (QED) is 0.608. The molecule has 0 aliphatic heterocycles. The standard InChI is InChI=1S/C16H16O3/c1-2-13-7-6-10-15(11-13)18-12-16(17)19-14-8-4-3-5-9-14/h3-11H,2,12H2,1H3. The van der Waals surface area contributed by atoms with E-state index >= 15 is 0 Å². The van der Waals surface area contributed by atoms with Crippen LogP contribution in [0.4, 0.5) is 0 Å². The smallest absolute Gasteiger partial charge is 0.349 e. The Hall–Kier alpha value is -2.29. The summed E-state index contributed by atoms with van der Waals surface area (Å²) in [6.07, 6.45) is 0.936. The lowest BCUT2D eigenvalue weighted by Crippen LogP contribution is -2.17. The van der Waals surface area contributed by atoms with E-state index in [-0.39, 0.29) is 6.61 Å². The molecule has 98 valence electrons. The van der Waals surface area contributed by atoms with Crippen LogP contribution in [-0.4, -0.2) is 12.6 Å². The summed E-state index contributed by atoms with van der Waals surface area (Å²) in [4.78, 5) is 11.6. The van der Waals surface area contributed by atoms with E-state index < -0.39 is 5.97 Å². The van der Waals surface area contributed by atoms with Gasteiger partial charge in [0, 0.05) is 0 Å². The third kappa shape index (κ3) is 4.14. The second kappa shape index (κ2) is 6.59. The van der Waals surface area contributed by atoms with Gasteiger partial charge in [-0.05, 0) is 36.2 Å². The molecule has 0 saturated carbocycles. The van der Waals surface area contributed by atoms with Crippen molar-refractivity contribution in [2.75, 3.05) is 6.61 Å². The van der Waals surface area contributed by atoms with Gasteiger partial charge in [0.05, 0.1) is 0 Å². The predicted molar refractivity (Wildman–Crippen MR) is 73.4 cm³/mol. The summed E-state index contributed by atoms with van der Waals surface area (Å²) in [7, 11) is 0. The molecule has 0 aromatic heterocycles. The highest BCUT2D eigenvalue weighted by atomic mass is 16.6. The van der Waals surface area contributed by atoms with E-state index in [0.717, 1.165) is 6.42 Å². The van der Waals surface area contributed by atoms with Crippen molar-refractivity contribution in [3.63, 3.8) is 0 Å². The van der Waals surface area contributed by atoms with Gasteiger partial charge in [0.15, 0.2) is 6.61 Å². The van der Waals surface area contributed by atoms with Crippen LogP contribution in [0.3, 0.4) is 0 Å². The average Bonchev–Trinajstić information content (AvgIpc) is 2.46. The Bertz CT molecular complexity index is 535.